The van der Waals surface area contributed by atoms with Crippen molar-refractivity contribution in [2.24, 2.45) is 0 Å². The molecule has 1 atom stereocenters. The molecule has 0 radical (unpaired) electrons. The van der Waals surface area contributed by atoms with E-state index < -0.39 is 0 Å². The normalized spacial score (nSPS) is 16.7. The van der Waals surface area contributed by atoms with Gasteiger partial charge in [-0.2, -0.15) is 4.98 Å². The van der Waals surface area contributed by atoms with Gasteiger partial charge in [-0.3, -0.25) is 0 Å². The minimum atomic E-state index is 0.0995. The minimum Gasteiger partial charge on any atom is -0.488 e. The number of para-hydroxylation sites is 1. The van der Waals surface area contributed by atoms with Crippen LogP contribution < -0.4 is 15.8 Å². The average Bonchev–Trinajstić information content (AvgIpc) is 3.07. The first kappa shape index (κ1) is 12.1. The first-order valence-electron chi connectivity index (χ1n) is 6.92. The van der Waals surface area contributed by atoms with E-state index in [4.69, 9.17) is 14.9 Å². The predicted molar refractivity (Wildman–Crippen MR) is 81.5 cm³/mol. The number of fused-ring (bicyclic) bond motifs is 2. The van der Waals surface area contributed by atoms with E-state index in [2.05, 4.69) is 16.4 Å². The van der Waals surface area contributed by atoms with Crippen LogP contribution in [0.15, 0.2) is 46.9 Å². The number of rotatable bonds is 3. The Kier molecular flexibility index (Phi) is 2.70. The van der Waals surface area contributed by atoms with Crippen LogP contribution in [0.1, 0.15) is 5.56 Å². The maximum absolute atomic E-state index is 5.87. The van der Waals surface area contributed by atoms with Crippen LogP contribution in [0.3, 0.4) is 0 Å². The third-order valence-electron chi connectivity index (χ3n) is 3.61. The summed E-state index contributed by atoms with van der Waals surface area (Å²) in [5.74, 6) is 0.967. The van der Waals surface area contributed by atoms with Crippen molar-refractivity contribution in [3.05, 3.63) is 48.0 Å². The third-order valence-corrected chi connectivity index (χ3v) is 3.61. The molecule has 2 heterocycles. The number of nitrogens with zero attached hydrogens (tertiary/aromatic N) is 1. The quantitative estimate of drug-likeness (QED) is 0.722. The second-order valence-electron chi connectivity index (χ2n) is 5.18. The summed E-state index contributed by atoms with van der Waals surface area (Å²) >= 11 is 0. The first-order chi connectivity index (χ1) is 10.3. The molecule has 0 saturated heterocycles. The van der Waals surface area contributed by atoms with Gasteiger partial charge in [0.15, 0.2) is 5.58 Å². The molecule has 0 amide bonds. The van der Waals surface area contributed by atoms with E-state index in [9.17, 15) is 0 Å². The third kappa shape index (κ3) is 2.27. The molecule has 2 aromatic carbocycles. The highest BCUT2D eigenvalue weighted by Gasteiger charge is 2.22. The van der Waals surface area contributed by atoms with Crippen molar-refractivity contribution in [3.63, 3.8) is 0 Å². The summed E-state index contributed by atoms with van der Waals surface area (Å²) in [5, 5.41) is 3.19. The Morgan fingerprint density at radius 1 is 1.24 bits per heavy atom. The molecule has 1 aliphatic heterocycles. The van der Waals surface area contributed by atoms with Gasteiger partial charge >= 0.3 is 0 Å². The van der Waals surface area contributed by atoms with Crippen molar-refractivity contribution in [3.8, 4) is 5.75 Å². The van der Waals surface area contributed by atoms with Crippen molar-refractivity contribution < 1.29 is 9.15 Å². The van der Waals surface area contributed by atoms with Crippen molar-refractivity contribution in [1.29, 1.82) is 0 Å². The van der Waals surface area contributed by atoms with Gasteiger partial charge in [0.25, 0.3) is 6.01 Å². The van der Waals surface area contributed by atoms with E-state index in [-0.39, 0.29) is 6.10 Å². The van der Waals surface area contributed by atoms with E-state index >= 15 is 0 Å². The summed E-state index contributed by atoms with van der Waals surface area (Å²) in [6, 6.07) is 14.0. The molecule has 0 bridgehead atoms. The molecule has 1 aliphatic rings. The molecule has 3 N–H and O–H groups in total. The highest BCUT2D eigenvalue weighted by Crippen LogP contribution is 2.28. The SMILES string of the molecule is Nc1ccc2oc(NCC3Cc4ccccc4O3)nc2c1. The summed E-state index contributed by atoms with van der Waals surface area (Å²) in [6.45, 7) is 0.650. The molecule has 0 saturated carbocycles. The number of benzene rings is 2. The van der Waals surface area contributed by atoms with Crippen LogP contribution in [0, 0.1) is 0 Å². The standard InChI is InChI=1S/C16H15N3O2/c17-11-5-6-15-13(8-11)19-16(21-15)18-9-12-7-10-3-1-2-4-14(10)20-12/h1-6,8,12H,7,9,17H2,(H,18,19). The summed E-state index contributed by atoms with van der Waals surface area (Å²) in [5.41, 5.74) is 9.14. The fraction of sp³-hybridized carbons (Fsp3) is 0.188. The Labute approximate surface area is 121 Å². The molecule has 5 heteroatoms. The van der Waals surface area contributed by atoms with E-state index in [1.807, 2.05) is 24.3 Å². The van der Waals surface area contributed by atoms with Gasteiger partial charge in [-0.15, -0.1) is 0 Å². The molecule has 3 aromatic rings. The number of ether oxygens (including phenoxy) is 1. The molecular weight excluding hydrogens is 266 g/mol. The Balaban J connectivity index is 1.45. The van der Waals surface area contributed by atoms with Crippen LogP contribution in [-0.4, -0.2) is 17.6 Å². The van der Waals surface area contributed by atoms with Gasteiger partial charge in [0.05, 0.1) is 6.54 Å². The van der Waals surface area contributed by atoms with Crippen LogP contribution in [0.2, 0.25) is 0 Å². The molecule has 0 spiro atoms. The van der Waals surface area contributed by atoms with Crippen molar-refractivity contribution >= 4 is 22.8 Å². The zero-order chi connectivity index (χ0) is 14.2. The topological polar surface area (TPSA) is 73.3 Å². The summed E-state index contributed by atoms with van der Waals surface area (Å²) in [6.07, 6.45) is 0.999. The summed E-state index contributed by atoms with van der Waals surface area (Å²) < 4.78 is 11.5. The van der Waals surface area contributed by atoms with Gasteiger partial charge < -0.3 is 20.2 Å². The minimum absolute atomic E-state index is 0.0995. The zero-order valence-electron chi connectivity index (χ0n) is 11.4. The first-order valence-corrected chi connectivity index (χ1v) is 6.92. The van der Waals surface area contributed by atoms with E-state index in [1.54, 1.807) is 12.1 Å². The van der Waals surface area contributed by atoms with Gasteiger partial charge in [0.1, 0.15) is 17.4 Å². The molecule has 4 rings (SSSR count). The second kappa shape index (κ2) is 4.70. The van der Waals surface area contributed by atoms with Gasteiger partial charge in [0.2, 0.25) is 0 Å². The molecule has 106 valence electrons. The lowest BCUT2D eigenvalue weighted by Crippen LogP contribution is -2.24. The fourth-order valence-corrected chi connectivity index (χ4v) is 2.59. The number of nitrogen functional groups attached to an aromatic ring is 1. The largest absolute Gasteiger partial charge is 0.488 e. The molecular formula is C16H15N3O2. The Morgan fingerprint density at radius 2 is 2.14 bits per heavy atom. The lowest BCUT2D eigenvalue weighted by molar-refractivity contribution is 0.245. The Hall–Kier alpha value is -2.69. The van der Waals surface area contributed by atoms with Crippen LogP contribution in [0.4, 0.5) is 11.7 Å². The highest BCUT2D eigenvalue weighted by atomic mass is 16.5. The molecule has 0 fully saturated rings. The monoisotopic (exact) mass is 281 g/mol. The van der Waals surface area contributed by atoms with Crippen molar-refractivity contribution in [2.75, 3.05) is 17.6 Å². The van der Waals surface area contributed by atoms with Crippen LogP contribution in [-0.2, 0) is 6.42 Å². The molecule has 1 aromatic heterocycles. The number of hydrogen-bond donors (Lipinski definition) is 2. The van der Waals surface area contributed by atoms with Crippen molar-refractivity contribution in [2.45, 2.75) is 12.5 Å². The van der Waals surface area contributed by atoms with Gasteiger partial charge in [0, 0.05) is 12.1 Å². The van der Waals surface area contributed by atoms with E-state index in [0.29, 0.717) is 18.2 Å². The molecule has 21 heavy (non-hydrogen) atoms. The highest BCUT2D eigenvalue weighted by molar-refractivity contribution is 5.78. The maximum Gasteiger partial charge on any atom is 0.295 e. The van der Waals surface area contributed by atoms with Crippen LogP contribution >= 0.6 is 0 Å². The smallest absolute Gasteiger partial charge is 0.295 e. The number of oxazole rings is 1. The lowest BCUT2D eigenvalue weighted by atomic mass is 10.1. The maximum atomic E-state index is 5.87. The lowest BCUT2D eigenvalue weighted by Gasteiger charge is -2.10. The van der Waals surface area contributed by atoms with Gasteiger partial charge in [-0.1, -0.05) is 18.2 Å². The fourth-order valence-electron chi connectivity index (χ4n) is 2.59. The number of anilines is 2. The number of nitrogens with one attached hydrogen (secondary N) is 1. The van der Waals surface area contributed by atoms with Crippen molar-refractivity contribution in [1.82, 2.24) is 4.98 Å². The summed E-state index contributed by atoms with van der Waals surface area (Å²) in [7, 11) is 0. The summed E-state index contributed by atoms with van der Waals surface area (Å²) in [4.78, 5) is 4.37. The van der Waals surface area contributed by atoms with Gasteiger partial charge in [-0.25, -0.2) is 0 Å². The Bertz CT molecular complexity index is 772. The molecule has 1 unspecified atom stereocenters. The zero-order valence-corrected chi connectivity index (χ0v) is 11.4. The number of nitrogens with two attached hydrogens (primary N) is 1. The number of hydrogen-bond acceptors (Lipinski definition) is 5. The van der Waals surface area contributed by atoms with E-state index in [0.717, 1.165) is 23.3 Å². The number of aromatic nitrogens is 1. The second-order valence-corrected chi connectivity index (χ2v) is 5.18. The molecule has 5 nitrogen and oxygen atoms in total. The average molecular weight is 281 g/mol. The van der Waals surface area contributed by atoms with Crippen LogP contribution in [0.25, 0.3) is 11.1 Å². The molecule has 0 aliphatic carbocycles. The predicted octanol–water partition coefficient (Wildman–Crippen LogP) is 2.83. The van der Waals surface area contributed by atoms with Crippen LogP contribution in [0.5, 0.6) is 5.75 Å². The Morgan fingerprint density at radius 3 is 3.05 bits per heavy atom. The van der Waals surface area contributed by atoms with Gasteiger partial charge in [-0.05, 0) is 29.8 Å². The van der Waals surface area contributed by atoms with E-state index in [1.165, 1.54) is 5.56 Å².